The minimum Gasteiger partial charge on any atom is -0.443 e. The molecule has 24 heteroatoms. The minimum atomic E-state index is -1.32. The molecule has 0 saturated carbocycles. The quantitative estimate of drug-likeness (QED) is 0.0115. The van der Waals surface area contributed by atoms with E-state index in [0.29, 0.717) is 109 Å². The highest BCUT2D eigenvalue weighted by molar-refractivity contribution is 6.07. The number of para-hydroxylation sites is 3. The van der Waals surface area contributed by atoms with Gasteiger partial charge in [0.1, 0.15) is 34.9 Å². The SMILES string of the molecule is Cc1[nH]c2ccccc2c1CC(=O)N(C(=O)OC(C)(C)C)[C@@H](CCCCN)C(=O)Nc1ccc(C(c2ccc(NC(=O)[C@H](CCCCN)N(C(=O)Cc3c(C)[nH]c4ccccc34)C(=O)OC(C)(C)C)cc2)c2ccc(NC(=O)[C@H](CCCCN)N(C(=O)Cc3c(C)[nH]c4ccccc34)C(=O)OC(C)(C)C)cc2)cc1. The molecule has 0 aliphatic carbocycles. The van der Waals surface area contributed by atoms with Crippen LogP contribution in [-0.2, 0) is 62.2 Å². The maximum Gasteiger partial charge on any atom is 0.417 e. The predicted molar refractivity (Wildman–Crippen MR) is 426 cm³/mol. The van der Waals surface area contributed by atoms with Gasteiger partial charge in [0.15, 0.2) is 0 Å². The molecule has 3 heterocycles. The number of benzene rings is 6. The van der Waals surface area contributed by atoms with Crippen molar-refractivity contribution < 1.29 is 57.4 Å². The fourth-order valence-electron chi connectivity index (χ4n) is 13.6. The largest absolute Gasteiger partial charge is 0.443 e. The lowest BCUT2D eigenvalue weighted by Crippen LogP contribution is -2.52. The molecule has 9 rings (SSSR count). The van der Waals surface area contributed by atoms with Crippen LogP contribution >= 0.6 is 0 Å². The molecule has 3 atom stereocenters. The average Bonchev–Trinajstić information content (AvgIpc) is 1.79. The number of nitrogens with two attached hydrogens (primary N) is 3. The Labute approximate surface area is 637 Å². The summed E-state index contributed by atoms with van der Waals surface area (Å²) < 4.78 is 17.6. The summed E-state index contributed by atoms with van der Waals surface area (Å²) in [6.45, 7) is 21.6. The third-order valence-electron chi connectivity index (χ3n) is 18.8. The Morgan fingerprint density at radius 2 is 0.596 bits per heavy atom. The molecule has 0 spiro atoms. The van der Waals surface area contributed by atoms with Crippen LogP contribution in [0.15, 0.2) is 146 Å². The number of unbranched alkanes of at least 4 members (excludes halogenated alkanes) is 3. The lowest BCUT2D eigenvalue weighted by molar-refractivity contribution is -0.137. The number of amides is 9. The van der Waals surface area contributed by atoms with E-state index in [2.05, 4.69) is 30.9 Å². The molecule has 0 saturated heterocycles. The molecule has 578 valence electrons. The molecule has 24 nitrogen and oxygen atoms in total. The van der Waals surface area contributed by atoms with Gasteiger partial charge in [-0.15, -0.1) is 0 Å². The zero-order valence-corrected chi connectivity index (χ0v) is 64.7. The molecule has 9 aromatic rings. The zero-order chi connectivity index (χ0) is 79.1. The van der Waals surface area contributed by atoms with Gasteiger partial charge in [-0.3, -0.25) is 28.8 Å². The number of ether oxygens (including phenoxy) is 3. The summed E-state index contributed by atoms with van der Waals surface area (Å²) in [6, 6.07) is 39.8. The summed E-state index contributed by atoms with van der Waals surface area (Å²) in [5.41, 5.74) is 24.6. The molecule has 0 aliphatic heterocycles. The first-order valence-electron chi connectivity index (χ1n) is 37.4. The first-order chi connectivity index (χ1) is 51.8. The van der Waals surface area contributed by atoms with Crippen molar-refractivity contribution in [2.75, 3.05) is 35.6 Å². The molecule has 0 fully saturated rings. The van der Waals surface area contributed by atoms with E-state index in [9.17, 15) is 43.2 Å². The van der Waals surface area contributed by atoms with Gasteiger partial charge in [-0.2, -0.15) is 0 Å². The summed E-state index contributed by atoms with van der Waals surface area (Å²) in [5, 5.41) is 11.4. The normalized spacial score (nSPS) is 12.7. The monoisotopic (exact) mass is 1490 g/mol. The highest BCUT2D eigenvalue weighted by atomic mass is 16.6. The van der Waals surface area contributed by atoms with Gasteiger partial charge in [-0.05, 0) is 248 Å². The smallest absolute Gasteiger partial charge is 0.417 e. The number of aryl methyl sites for hydroxylation is 3. The number of aromatic amines is 3. The number of H-pyrrole nitrogens is 3. The van der Waals surface area contributed by atoms with Crippen molar-refractivity contribution in [3.63, 3.8) is 0 Å². The van der Waals surface area contributed by atoms with Gasteiger partial charge in [0.25, 0.3) is 0 Å². The van der Waals surface area contributed by atoms with Crippen LogP contribution in [0.1, 0.15) is 176 Å². The number of imide groups is 3. The number of hydrogen-bond donors (Lipinski definition) is 9. The van der Waals surface area contributed by atoms with Crippen molar-refractivity contribution >= 4 is 103 Å². The number of aromatic nitrogens is 3. The highest BCUT2D eigenvalue weighted by Crippen LogP contribution is 2.36. The fourth-order valence-corrected chi connectivity index (χ4v) is 13.6. The fraction of sp³-hybridized carbons (Fsp3) is 0.400. The molecule has 6 aromatic carbocycles. The molecule has 109 heavy (non-hydrogen) atoms. The van der Waals surface area contributed by atoms with Crippen LogP contribution in [0, 0.1) is 20.8 Å². The Morgan fingerprint density at radius 1 is 0.358 bits per heavy atom. The number of nitrogens with zero attached hydrogens (tertiary/aromatic N) is 3. The molecule has 0 aliphatic rings. The molecular weight excluding hydrogens is 1380 g/mol. The van der Waals surface area contributed by atoms with Crippen LogP contribution in [0.4, 0.5) is 31.4 Å². The Balaban J connectivity index is 1.06. The Hall–Kier alpha value is -11.0. The number of carbonyl (C=O) groups is 9. The van der Waals surface area contributed by atoms with Crippen molar-refractivity contribution in [2.24, 2.45) is 17.2 Å². The molecule has 12 N–H and O–H groups in total. The Kier molecular flexibility index (Phi) is 27.3. The van der Waals surface area contributed by atoms with Crippen LogP contribution in [0.5, 0.6) is 0 Å². The van der Waals surface area contributed by atoms with Crippen molar-refractivity contribution in [3.05, 3.63) is 196 Å². The van der Waals surface area contributed by atoms with E-state index in [4.69, 9.17) is 31.4 Å². The number of nitrogens with one attached hydrogen (secondary N) is 6. The van der Waals surface area contributed by atoms with Crippen molar-refractivity contribution in [1.82, 2.24) is 29.7 Å². The van der Waals surface area contributed by atoms with Gasteiger partial charge in [-0.25, -0.2) is 29.1 Å². The predicted octanol–water partition coefficient (Wildman–Crippen LogP) is 14.6. The molecule has 0 radical (unpaired) electrons. The van der Waals surface area contributed by atoms with E-state index in [0.717, 1.165) is 64.5 Å². The van der Waals surface area contributed by atoms with E-state index >= 15 is 0 Å². The van der Waals surface area contributed by atoms with E-state index in [1.54, 1.807) is 98.7 Å². The van der Waals surface area contributed by atoms with Gasteiger partial charge in [-0.1, -0.05) is 91.0 Å². The number of rotatable bonds is 30. The van der Waals surface area contributed by atoms with Gasteiger partial charge < -0.3 is 62.3 Å². The zero-order valence-electron chi connectivity index (χ0n) is 64.7. The summed E-state index contributed by atoms with van der Waals surface area (Å²) >= 11 is 0. The molecule has 0 bridgehead atoms. The molecule has 9 amide bonds. The summed E-state index contributed by atoms with van der Waals surface area (Å²) in [7, 11) is 0. The second-order valence-corrected chi connectivity index (χ2v) is 30.8. The second-order valence-electron chi connectivity index (χ2n) is 30.8. The van der Waals surface area contributed by atoms with Crippen molar-refractivity contribution in [3.8, 4) is 0 Å². The summed E-state index contributed by atoms with van der Waals surface area (Å²) in [4.78, 5) is 145. The maximum atomic E-state index is 14.9. The second kappa shape index (κ2) is 36.3. The Bertz CT molecular complexity index is 4240. The molecule has 0 unspecified atom stereocenters. The van der Waals surface area contributed by atoms with Crippen LogP contribution < -0.4 is 33.2 Å². The van der Waals surface area contributed by atoms with Crippen LogP contribution in [0.3, 0.4) is 0 Å². The average molecular weight is 1490 g/mol. The number of anilines is 3. The lowest BCUT2D eigenvalue weighted by Gasteiger charge is -2.32. The summed E-state index contributed by atoms with van der Waals surface area (Å²) in [5.74, 6) is -4.42. The van der Waals surface area contributed by atoms with E-state index in [1.165, 1.54) is 0 Å². The van der Waals surface area contributed by atoms with E-state index in [-0.39, 0.29) is 38.5 Å². The van der Waals surface area contributed by atoms with Gasteiger partial charge in [0.05, 0.1) is 19.3 Å². The van der Waals surface area contributed by atoms with Crippen molar-refractivity contribution in [2.45, 2.75) is 201 Å². The van der Waals surface area contributed by atoms with Crippen LogP contribution in [0.2, 0.25) is 0 Å². The number of hydrogen-bond acceptors (Lipinski definition) is 15. The topological polar surface area (TPSA) is 353 Å². The van der Waals surface area contributed by atoms with E-state index in [1.807, 2.05) is 130 Å². The first kappa shape index (κ1) is 82.1. The highest BCUT2D eigenvalue weighted by Gasteiger charge is 2.42. The van der Waals surface area contributed by atoms with Gasteiger partial charge >= 0.3 is 18.3 Å². The van der Waals surface area contributed by atoms with Crippen LogP contribution in [0.25, 0.3) is 32.7 Å². The van der Waals surface area contributed by atoms with Gasteiger partial charge in [0.2, 0.25) is 35.4 Å². The number of carbonyl (C=O) groups excluding carboxylic acids is 9. The first-order valence-corrected chi connectivity index (χ1v) is 37.4. The lowest BCUT2D eigenvalue weighted by atomic mass is 9.85. The summed E-state index contributed by atoms with van der Waals surface area (Å²) in [6.07, 6.45) is -0.602. The Morgan fingerprint density at radius 3 is 0.826 bits per heavy atom. The minimum absolute atomic E-state index is 0.0785. The van der Waals surface area contributed by atoms with Crippen LogP contribution in [-0.4, -0.2) is 138 Å². The van der Waals surface area contributed by atoms with Crippen molar-refractivity contribution in [1.29, 1.82) is 0 Å². The van der Waals surface area contributed by atoms with E-state index < -0.39 is 94.6 Å². The third-order valence-corrected chi connectivity index (χ3v) is 18.8. The third kappa shape index (κ3) is 21.5. The molecular formula is C85H106N12O12. The number of fused-ring (bicyclic) bond motifs is 3. The molecule has 3 aromatic heterocycles. The standard InChI is InChI=1S/C85H106N12O12/c1-52-64(61-25-13-16-28-67(61)89-52)49-73(98)95(80(104)107-83(4,5)6)70(31-19-22-46-86)77(101)92-58-40-34-55(35-41-58)76(56-36-42-59(43-37-56)93-78(102)71(32-20-23-47-87)96(81(105)108-84(7,8)9)74(99)50-65-53(2)90-68-29-17-14-26-62(65)68)57-38-44-60(45-39-57)94-79(103)72(33-21-24-48-88)97(82(106)109-85(10,11)12)75(100)51-66-54(3)91-69-30-18-15-27-63(66)69/h13-18,25-30,34-45,70-72,76,89-91H,19-24,31-33,46-51,86-88H2,1-12H3,(H,92,101)(H,93,102)(H,94,103)/t70-,71-,72-/m0/s1. The maximum absolute atomic E-state index is 14.9. The van der Waals surface area contributed by atoms with Gasteiger partial charge in [0, 0.05) is 72.8 Å².